The highest BCUT2D eigenvalue weighted by Gasteiger charge is 2.15. The Morgan fingerprint density at radius 3 is 2.30 bits per heavy atom. The molecule has 1 atom stereocenters. The second kappa shape index (κ2) is 8.01. The zero-order valence-electron chi connectivity index (χ0n) is 12.1. The van der Waals surface area contributed by atoms with Crippen LogP contribution < -0.4 is 10.8 Å². The van der Waals surface area contributed by atoms with Crippen molar-refractivity contribution in [3.8, 4) is 0 Å². The molecular weight excluding hydrogens is 276 g/mol. The predicted molar refractivity (Wildman–Crippen MR) is 79.2 cm³/mol. The number of thiophene rings is 1. The second-order valence-corrected chi connectivity index (χ2v) is 6.39. The van der Waals surface area contributed by atoms with Gasteiger partial charge in [-0.25, -0.2) is 5.48 Å². The molecule has 0 radical (unpaired) electrons. The first kappa shape index (κ1) is 16.7. The van der Waals surface area contributed by atoms with Crippen LogP contribution in [0.15, 0.2) is 12.1 Å². The van der Waals surface area contributed by atoms with Crippen LogP contribution in [-0.2, 0) is 0 Å². The fourth-order valence-corrected chi connectivity index (χ4v) is 2.64. The van der Waals surface area contributed by atoms with Crippen molar-refractivity contribution in [2.24, 2.45) is 5.92 Å². The highest BCUT2D eigenvalue weighted by molar-refractivity contribution is 7.15. The Hall–Kier alpha value is -1.40. The van der Waals surface area contributed by atoms with E-state index in [1.807, 2.05) is 6.92 Å². The number of amides is 2. The number of carbonyl (C=O) groups is 2. The third kappa shape index (κ3) is 5.30. The van der Waals surface area contributed by atoms with E-state index in [1.54, 1.807) is 11.5 Å². The Bertz CT molecular complexity index is 457. The van der Waals surface area contributed by atoms with Crippen molar-refractivity contribution in [3.05, 3.63) is 21.9 Å². The van der Waals surface area contributed by atoms with Gasteiger partial charge in [0.15, 0.2) is 0 Å². The number of hydroxylamine groups is 1. The minimum Gasteiger partial charge on any atom is -0.349 e. The SMILES string of the molecule is CC(C)CCCC(C)NC(=O)c1ccc(C(=O)NO)s1. The molecule has 1 aromatic heterocycles. The van der Waals surface area contributed by atoms with Crippen LogP contribution >= 0.6 is 11.3 Å². The normalized spacial score (nSPS) is 12.2. The minimum absolute atomic E-state index is 0.110. The van der Waals surface area contributed by atoms with Crippen LogP contribution in [0.25, 0.3) is 0 Å². The summed E-state index contributed by atoms with van der Waals surface area (Å²) in [6.45, 7) is 6.35. The third-order valence-corrected chi connectivity index (χ3v) is 4.03. The summed E-state index contributed by atoms with van der Waals surface area (Å²) in [5.74, 6) is -0.0992. The molecule has 0 fully saturated rings. The Labute approximate surface area is 123 Å². The molecule has 0 aliphatic rings. The van der Waals surface area contributed by atoms with Crippen molar-refractivity contribution < 1.29 is 14.8 Å². The van der Waals surface area contributed by atoms with Gasteiger partial charge in [-0.1, -0.05) is 26.7 Å². The first-order valence-corrected chi connectivity index (χ1v) is 7.60. The van der Waals surface area contributed by atoms with E-state index in [-0.39, 0.29) is 11.9 Å². The zero-order valence-corrected chi connectivity index (χ0v) is 12.9. The Morgan fingerprint density at radius 1 is 1.15 bits per heavy atom. The molecule has 6 heteroatoms. The zero-order chi connectivity index (χ0) is 15.1. The Morgan fingerprint density at radius 2 is 1.75 bits per heavy atom. The van der Waals surface area contributed by atoms with Crippen LogP contribution in [-0.4, -0.2) is 23.1 Å². The maximum Gasteiger partial charge on any atom is 0.284 e. The minimum atomic E-state index is -0.598. The lowest BCUT2D eigenvalue weighted by molar-refractivity contribution is 0.0711. The molecule has 0 aromatic carbocycles. The number of hydrogen-bond donors (Lipinski definition) is 3. The fourth-order valence-electron chi connectivity index (χ4n) is 1.84. The Balaban J connectivity index is 2.45. The van der Waals surface area contributed by atoms with E-state index in [1.165, 1.54) is 6.07 Å². The van der Waals surface area contributed by atoms with Crippen molar-refractivity contribution in [2.45, 2.75) is 46.1 Å². The summed E-state index contributed by atoms with van der Waals surface area (Å²) in [7, 11) is 0. The van der Waals surface area contributed by atoms with Gasteiger partial charge in [0, 0.05) is 6.04 Å². The van der Waals surface area contributed by atoms with Crippen molar-refractivity contribution >= 4 is 23.2 Å². The van der Waals surface area contributed by atoms with Crippen LogP contribution in [0.3, 0.4) is 0 Å². The lowest BCUT2D eigenvalue weighted by atomic mass is 10.0. The first-order valence-electron chi connectivity index (χ1n) is 6.79. The number of carbonyl (C=O) groups excluding carboxylic acids is 2. The summed E-state index contributed by atoms with van der Waals surface area (Å²) >= 11 is 1.06. The number of nitrogens with one attached hydrogen (secondary N) is 2. The largest absolute Gasteiger partial charge is 0.349 e. The van der Waals surface area contributed by atoms with Crippen LogP contribution in [0.5, 0.6) is 0 Å². The highest BCUT2D eigenvalue weighted by atomic mass is 32.1. The fraction of sp³-hybridized carbons (Fsp3) is 0.571. The molecule has 0 aliphatic heterocycles. The molecule has 0 spiro atoms. The van der Waals surface area contributed by atoms with Gasteiger partial charge in [0.25, 0.3) is 11.8 Å². The topological polar surface area (TPSA) is 78.4 Å². The molecule has 3 N–H and O–H groups in total. The molecule has 1 heterocycles. The quantitative estimate of drug-likeness (QED) is 0.535. The van der Waals surface area contributed by atoms with Crippen molar-refractivity contribution in [1.82, 2.24) is 10.8 Å². The average Bonchev–Trinajstić information content (AvgIpc) is 2.86. The molecule has 5 nitrogen and oxygen atoms in total. The molecule has 0 saturated carbocycles. The summed E-state index contributed by atoms with van der Waals surface area (Å²) < 4.78 is 0. The van der Waals surface area contributed by atoms with E-state index in [4.69, 9.17) is 5.21 Å². The Kier molecular flexibility index (Phi) is 6.67. The van der Waals surface area contributed by atoms with E-state index < -0.39 is 5.91 Å². The molecule has 20 heavy (non-hydrogen) atoms. The molecule has 1 aromatic rings. The number of hydrogen-bond acceptors (Lipinski definition) is 4. The summed E-state index contributed by atoms with van der Waals surface area (Å²) in [4.78, 5) is 24.0. The molecule has 112 valence electrons. The lowest BCUT2D eigenvalue weighted by Gasteiger charge is -2.13. The summed E-state index contributed by atoms with van der Waals surface area (Å²) in [5.41, 5.74) is 1.55. The highest BCUT2D eigenvalue weighted by Crippen LogP contribution is 2.17. The average molecular weight is 298 g/mol. The van der Waals surface area contributed by atoms with Crippen molar-refractivity contribution in [2.75, 3.05) is 0 Å². The van der Waals surface area contributed by atoms with E-state index >= 15 is 0 Å². The monoisotopic (exact) mass is 298 g/mol. The van der Waals surface area contributed by atoms with Crippen molar-refractivity contribution in [3.63, 3.8) is 0 Å². The van der Waals surface area contributed by atoms with Gasteiger partial charge in [-0.05, 0) is 31.4 Å². The molecule has 1 unspecified atom stereocenters. The van der Waals surface area contributed by atoms with Gasteiger partial charge in [0.05, 0.1) is 9.75 Å². The molecule has 2 amide bonds. The van der Waals surface area contributed by atoms with Gasteiger partial charge in [0.2, 0.25) is 0 Å². The summed E-state index contributed by atoms with van der Waals surface area (Å²) in [6.07, 6.45) is 3.18. The summed E-state index contributed by atoms with van der Waals surface area (Å²) in [5, 5.41) is 11.4. The van der Waals surface area contributed by atoms with Crippen LogP contribution in [0.2, 0.25) is 0 Å². The van der Waals surface area contributed by atoms with E-state index in [9.17, 15) is 9.59 Å². The van der Waals surface area contributed by atoms with E-state index in [0.717, 1.165) is 30.6 Å². The predicted octanol–water partition coefficient (Wildman–Crippen LogP) is 2.81. The van der Waals surface area contributed by atoms with E-state index in [2.05, 4.69) is 19.2 Å². The van der Waals surface area contributed by atoms with E-state index in [0.29, 0.717) is 15.7 Å². The van der Waals surface area contributed by atoms with Crippen LogP contribution in [0.4, 0.5) is 0 Å². The van der Waals surface area contributed by atoms with Gasteiger partial charge in [-0.2, -0.15) is 0 Å². The van der Waals surface area contributed by atoms with Crippen LogP contribution in [0.1, 0.15) is 59.4 Å². The molecule has 0 bridgehead atoms. The molecule has 0 saturated heterocycles. The van der Waals surface area contributed by atoms with Gasteiger partial charge < -0.3 is 5.32 Å². The van der Waals surface area contributed by atoms with Gasteiger partial charge in [-0.3, -0.25) is 14.8 Å². The second-order valence-electron chi connectivity index (χ2n) is 5.30. The number of rotatable bonds is 7. The maximum atomic E-state index is 12.0. The summed E-state index contributed by atoms with van der Waals surface area (Å²) in [6, 6.07) is 3.22. The van der Waals surface area contributed by atoms with Gasteiger partial charge in [-0.15, -0.1) is 11.3 Å². The smallest absolute Gasteiger partial charge is 0.284 e. The molecule has 1 rings (SSSR count). The third-order valence-electron chi connectivity index (χ3n) is 2.95. The van der Waals surface area contributed by atoms with Crippen molar-refractivity contribution in [1.29, 1.82) is 0 Å². The first-order chi connectivity index (χ1) is 9.43. The standard InChI is InChI=1S/C14H22N2O3S/c1-9(2)5-4-6-10(3)15-13(17)11-7-8-12(20-11)14(18)16-19/h7-10,19H,4-6H2,1-3H3,(H,15,17)(H,16,18). The lowest BCUT2D eigenvalue weighted by Crippen LogP contribution is -2.32. The van der Waals surface area contributed by atoms with Crippen LogP contribution in [0, 0.1) is 5.92 Å². The van der Waals surface area contributed by atoms with Gasteiger partial charge in [0.1, 0.15) is 0 Å². The molecular formula is C14H22N2O3S. The van der Waals surface area contributed by atoms with Gasteiger partial charge >= 0.3 is 0 Å². The molecule has 0 aliphatic carbocycles. The maximum absolute atomic E-state index is 12.0.